The largest absolute Gasteiger partial charge is 0.490 e. The molecule has 0 amide bonds. The number of nitrogens with one attached hydrogen (secondary N) is 2. The van der Waals surface area contributed by atoms with Gasteiger partial charge in [0, 0.05) is 18.5 Å². The molecule has 3 rings (SSSR count). The lowest BCUT2D eigenvalue weighted by atomic mass is 9.63. The Morgan fingerprint density at radius 1 is 1.33 bits per heavy atom. The molecule has 1 aliphatic heterocycles. The summed E-state index contributed by atoms with van der Waals surface area (Å²) in [5.41, 5.74) is -4.78. The average Bonchev–Trinajstić information content (AvgIpc) is 2.30. The molecule has 1 saturated carbocycles. The van der Waals surface area contributed by atoms with E-state index in [9.17, 15) is 17.4 Å². The molecule has 1 unspecified atom stereocenters. The Kier molecular flexibility index (Phi) is 3.21. The lowest BCUT2D eigenvalue weighted by molar-refractivity contribution is -0.0496. The Labute approximate surface area is 120 Å². The summed E-state index contributed by atoms with van der Waals surface area (Å²) >= 11 is 0. The second kappa shape index (κ2) is 4.61. The molecule has 0 aromatic heterocycles. The SMILES string of the molecule is N=S(=O)(c1cccc(OC2CC3(CNC3)C2)c1)C(F)(F)F. The smallest absolute Gasteiger partial charge is 0.483 e. The molecule has 1 aliphatic carbocycles. The molecular formula is C13H15F3N2O2S. The van der Waals surface area contributed by atoms with Gasteiger partial charge < -0.3 is 10.1 Å². The van der Waals surface area contributed by atoms with Crippen LogP contribution < -0.4 is 10.1 Å². The lowest BCUT2D eigenvalue weighted by Gasteiger charge is -2.53. The van der Waals surface area contributed by atoms with E-state index in [1.165, 1.54) is 12.1 Å². The minimum Gasteiger partial charge on any atom is -0.490 e. The highest BCUT2D eigenvalue weighted by atomic mass is 32.2. The van der Waals surface area contributed by atoms with E-state index in [0.29, 0.717) is 5.41 Å². The minimum absolute atomic E-state index is 0.0185. The van der Waals surface area contributed by atoms with Crippen LogP contribution in [0, 0.1) is 10.2 Å². The minimum atomic E-state index is -5.08. The van der Waals surface area contributed by atoms with E-state index in [1.54, 1.807) is 0 Å². The molecule has 8 heteroatoms. The average molecular weight is 320 g/mol. The summed E-state index contributed by atoms with van der Waals surface area (Å²) in [4.78, 5) is -0.563. The molecule has 0 radical (unpaired) electrons. The van der Waals surface area contributed by atoms with Gasteiger partial charge in [-0.3, -0.25) is 0 Å². The van der Waals surface area contributed by atoms with E-state index in [-0.39, 0.29) is 11.9 Å². The predicted octanol–water partition coefficient (Wildman–Crippen LogP) is 2.74. The van der Waals surface area contributed by atoms with Crippen LogP contribution in [0.3, 0.4) is 0 Å². The van der Waals surface area contributed by atoms with Gasteiger partial charge in [-0.25, -0.2) is 8.99 Å². The molecule has 2 N–H and O–H groups in total. The zero-order chi connectivity index (χ0) is 15.3. The summed E-state index contributed by atoms with van der Waals surface area (Å²) in [6.07, 6.45) is 1.73. The van der Waals surface area contributed by atoms with Crippen LogP contribution in [0.25, 0.3) is 0 Å². The van der Waals surface area contributed by atoms with Crippen molar-refractivity contribution in [2.24, 2.45) is 5.41 Å². The molecule has 2 aliphatic rings. The summed E-state index contributed by atoms with van der Waals surface area (Å²) in [5, 5.41) is 3.19. The van der Waals surface area contributed by atoms with Crippen molar-refractivity contribution >= 4 is 9.73 Å². The highest BCUT2D eigenvalue weighted by molar-refractivity contribution is 7.93. The molecule has 0 bridgehead atoms. The molecule has 1 atom stereocenters. The van der Waals surface area contributed by atoms with E-state index < -0.39 is 20.1 Å². The number of hydrogen-bond acceptors (Lipinski definition) is 4. The van der Waals surface area contributed by atoms with Gasteiger partial charge in [0.2, 0.25) is 0 Å². The van der Waals surface area contributed by atoms with Crippen LogP contribution >= 0.6 is 0 Å². The van der Waals surface area contributed by atoms with Crippen LogP contribution in [0.15, 0.2) is 29.2 Å². The van der Waals surface area contributed by atoms with Crippen molar-refractivity contribution in [3.05, 3.63) is 24.3 Å². The van der Waals surface area contributed by atoms with Crippen molar-refractivity contribution in [3.8, 4) is 5.75 Å². The van der Waals surface area contributed by atoms with Gasteiger partial charge in [0.1, 0.15) is 5.75 Å². The van der Waals surface area contributed by atoms with Gasteiger partial charge in [0.15, 0.2) is 9.73 Å². The van der Waals surface area contributed by atoms with Gasteiger partial charge in [-0.2, -0.15) is 13.2 Å². The van der Waals surface area contributed by atoms with Gasteiger partial charge in [-0.05, 0) is 31.0 Å². The normalized spacial score (nSPS) is 24.0. The van der Waals surface area contributed by atoms with Gasteiger partial charge in [-0.1, -0.05) is 6.07 Å². The number of hydrogen-bond donors (Lipinski definition) is 2. The van der Waals surface area contributed by atoms with E-state index in [4.69, 9.17) is 9.52 Å². The first kappa shape index (κ1) is 14.6. The van der Waals surface area contributed by atoms with Gasteiger partial charge >= 0.3 is 5.51 Å². The Morgan fingerprint density at radius 3 is 2.52 bits per heavy atom. The van der Waals surface area contributed by atoms with E-state index in [2.05, 4.69) is 5.32 Å². The van der Waals surface area contributed by atoms with Crippen molar-refractivity contribution in [2.45, 2.75) is 29.3 Å². The maximum absolute atomic E-state index is 12.6. The first-order valence-electron chi connectivity index (χ1n) is 6.54. The fourth-order valence-corrected chi connectivity index (χ4v) is 3.63. The van der Waals surface area contributed by atoms with Gasteiger partial charge in [0.25, 0.3) is 0 Å². The number of ether oxygens (including phenoxy) is 1. The van der Waals surface area contributed by atoms with Crippen LogP contribution in [0.2, 0.25) is 0 Å². The third-order valence-corrected chi connectivity index (χ3v) is 5.66. The van der Waals surface area contributed by atoms with Gasteiger partial charge in [-0.15, -0.1) is 0 Å². The lowest BCUT2D eigenvalue weighted by Crippen LogP contribution is -2.62. The molecule has 2 fully saturated rings. The van der Waals surface area contributed by atoms with Crippen molar-refractivity contribution in [3.63, 3.8) is 0 Å². The third kappa shape index (κ3) is 2.50. The van der Waals surface area contributed by atoms with E-state index in [1.807, 2.05) is 0 Å². The van der Waals surface area contributed by atoms with Crippen molar-refractivity contribution in [1.82, 2.24) is 5.32 Å². The number of benzene rings is 1. The van der Waals surface area contributed by atoms with Crippen LogP contribution in [0.5, 0.6) is 5.75 Å². The monoisotopic (exact) mass is 320 g/mol. The standard InChI is InChI=1S/C13H15F3N2O2S/c14-13(15,16)21(17,19)11-3-1-2-9(4-11)20-10-5-12(6-10)7-18-8-12/h1-4,10,17-18H,5-8H2. The zero-order valence-electron chi connectivity index (χ0n) is 11.1. The zero-order valence-corrected chi connectivity index (χ0v) is 11.9. The Bertz CT molecular complexity index is 646. The molecule has 1 saturated heterocycles. The first-order chi connectivity index (χ1) is 9.72. The number of halogens is 3. The summed E-state index contributed by atoms with van der Waals surface area (Å²) < 4.78 is 62.2. The fraction of sp³-hybridized carbons (Fsp3) is 0.538. The Morgan fingerprint density at radius 2 is 2.00 bits per heavy atom. The fourth-order valence-electron chi connectivity index (χ4n) is 2.81. The van der Waals surface area contributed by atoms with Crippen molar-refractivity contribution < 1.29 is 22.1 Å². The third-order valence-electron chi connectivity index (χ3n) is 4.09. The maximum Gasteiger partial charge on any atom is 0.483 e. The molecule has 116 valence electrons. The van der Waals surface area contributed by atoms with Crippen LogP contribution in [0.4, 0.5) is 13.2 Å². The van der Waals surface area contributed by atoms with Crippen molar-refractivity contribution in [2.75, 3.05) is 13.1 Å². The molecule has 4 nitrogen and oxygen atoms in total. The summed E-state index contributed by atoms with van der Waals surface area (Å²) in [6, 6.07) is 4.98. The molecule has 1 aromatic carbocycles. The molecule has 1 aromatic rings. The molecule has 21 heavy (non-hydrogen) atoms. The Balaban J connectivity index is 1.72. The second-order valence-electron chi connectivity index (χ2n) is 5.73. The summed E-state index contributed by atoms with van der Waals surface area (Å²) in [7, 11) is -4.83. The first-order valence-corrected chi connectivity index (χ1v) is 8.10. The molecule has 1 heterocycles. The van der Waals surface area contributed by atoms with Crippen LogP contribution in [-0.2, 0) is 9.73 Å². The molecule has 1 spiro atoms. The van der Waals surface area contributed by atoms with Gasteiger partial charge in [0.05, 0.1) is 11.0 Å². The summed E-state index contributed by atoms with van der Waals surface area (Å²) in [5.74, 6) is 0.240. The van der Waals surface area contributed by atoms with E-state index in [0.717, 1.165) is 38.1 Å². The van der Waals surface area contributed by atoms with Crippen LogP contribution in [-0.4, -0.2) is 28.9 Å². The van der Waals surface area contributed by atoms with Crippen LogP contribution in [0.1, 0.15) is 12.8 Å². The maximum atomic E-state index is 12.6. The van der Waals surface area contributed by atoms with Crippen molar-refractivity contribution in [1.29, 1.82) is 4.78 Å². The number of alkyl halides is 3. The molecular weight excluding hydrogens is 305 g/mol. The quantitative estimate of drug-likeness (QED) is 0.900. The highest BCUT2D eigenvalue weighted by Gasteiger charge is 2.49. The number of rotatable bonds is 3. The summed E-state index contributed by atoms with van der Waals surface area (Å²) in [6.45, 7) is 1.92. The van der Waals surface area contributed by atoms with E-state index >= 15 is 0 Å². The topological polar surface area (TPSA) is 62.2 Å². The second-order valence-corrected chi connectivity index (χ2v) is 7.78. The Hall–Kier alpha value is -1.28. The highest BCUT2D eigenvalue weighted by Crippen LogP contribution is 2.46. The predicted molar refractivity (Wildman–Crippen MR) is 70.6 cm³/mol.